The topological polar surface area (TPSA) is 63.0 Å². The van der Waals surface area contributed by atoms with Crippen LogP contribution in [-0.4, -0.2) is 60.5 Å². The molecule has 0 aliphatic carbocycles. The van der Waals surface area contributed by atoms with E-state index < -0.39 is 0 Å². The first-order valence-electron chi connectivity index (χ1n) is 9.68. The van der Waals surface area contributed by atoms with Gasteiger partial charge in [-0.25, -0.2) is 0 Å². The Morgan fingerprint density at radius 2 is 1.93 bits per heavy atom. The number of fused-ring (bicyclic) bond motifs is 1. The Morgan fingerprint density at radius 1 is 1.15 bits per heavy atom. The van der Waals surface area contributed by atoms with Crippen molar-refractivity contribution in [2.24, 2.45) is 0 Å². The fourth-order valence-electron chi connectivity index (χ4n) is 4.34. The molecule has 2 amide bonds. The standard InChI is InChI=1S/C21H26N2O4/c1-14-10-15(2)20-16(13-27-18(20)11-14)12-19(24)23-5-3-4-17(23)21(25)22-6-8-26-9-7-22/h10-11,13,17H,3-9,12H2,1-2H3/t17-/m0/s1. The van der Waals surface area contributed by atoms with E-state index in [9.17, 15) is 9.59 Å². The molecule has 6 heteroatoms. The number of furan rings is 1. The molecular formula is C21H26N2O4. The van der Waals surface area contributed by atoms with Crippen LogP contribution in [0.2, 0.25) is 0 Å². The zero-order chi connectivity index (χ0) is 19.0. The number of benzene rings is 1. The van der Waals surface area contributed by atoms with Gasteiger partial charge >= 0.3 is 0 Å². The van der Waals surface area contributed by atoms with Crippen LogP contribution in [0.1, 0.15) is 29.5 Å². The summed E-state index contributed by atoms with van der Waals surface area (Å²) in [6.45, 7) is 7.10. The summed E-state index contributed by atoms with van der Waals surface area (Å²) in [6, 6.07) is 3.76. The number of morpholine rings is 1. The Bertz CT molecular complexity index is 866. The van der Waals surface area contributed by atoms with Crippen molar-refractivity contribution in [3.63, 3.8) is 0 Å². The highest BCUT2D eigenvalue weighted by Crippen LogP contribution is 2.28. The lowest BCUT2D eigenvalue weighted by molar-refractivity contribution is -0.146. The molecule has 0 radical (unpaired) electrons. The molecule has 6 nitrogen and oxygen atoms in total. The van der Waals surface area contributed by atoms with Crippen molar-refractivity contribution in [2.45, 2.75) is 39.2 Å². The number of rotatable bonds is 3. The van der Waals surface area contributed by atoms with E-state index in [-0.39, 0.29) is 24.3 Å². The smallest absolute Gasteiger partial charge is 0.245 e. The predicted molar refractivity (Wildman–Crippen MR) is 102 cm³/mol. The average Bonchev–Trinajstić information content (AvgIpc) is 3.29. The molecule has 2 aliphatic heterocycles. The molecular weight excluding hydrogens is 344 g/mol. The quantitative estimate of drug-likeness (QED) is 0.833. The Morgan fingerprint density at radius 3 is 2.70 bits per heavy atom. The van der Waals surface area contributed by atoms with Gasteiger partial charge in [-0.3, -0.25) is 9.59 Å². The summed E-state index contributed by atoms with van der Waals surface area (Å²) in [5.41, 5.74) is 3.97. The predicted octanol–water partition coefficient (Wildman–Crippen LogP) is 2.44. The first kappa shape index (κ1) is 18.0. The van der Waals surface area contributed by atoms with Gasteiger partial charge in [0, 0.05) is 30.6 Å². The highest BCUT2D eigenvalue weighted by molar-refractivity contribution is 5.93. The summed E-state index contributed by atoms with van der Waals surface area (Å²) >= 11 is 0. The normalized spacial score (nSPS) is 20.4. The molecule has 2 saturated heterocycles. The monoisotopic (exact) mass is 370 g/mol. The van der Waals surface area contributed by atoms with Crippen LogP contribution >= 0.6 is 0 Å². The van der Waals surface area contributed by atoms with E-state index in [0.717, 1.165) is 40.5 Å². The van der Waals surface area contributed by atoms with E-state index in [1.807, 2.05) is 24.8 Å². The highest BCUT2D eigenvalue weighted by atomic mass is 16.5. The first-order valence-corrected chi connectivity index (χ1v) is 9.68. The summed E-state index contributed by atoms with van der Waals surface area (Å²) in [4.78, 5) is 29.5. The molecule has 0 unspecified atom stereocenters. The number of carbonyl (C=O) groups excluding carboxylic acids is 2. The van der Waals surface area contributed by atoms with Crippen molar-refractivity contribution >= 4 is 22.8 Å². The van der Waals surface area contributed by atoms with E-state index in [1.165, 1.54) is 0 Å². The van der Waals surface area contributed by atoms with Gasteiger partial charge in [0.15, 0.2) is 0 Å². The SMILES string of the molecule is Cc1cc(C)c2c(CC(=O)N3CCC[C@H]3C(=O)N3CCOCC3)coc2c1. The maximum atomic E-state index is 13.0. The number of hydrogen-bond donors (Lipinski definition) is 0. The number of amides is 2. The molecule has 27 heavy (non-hydrogen) atoms. The number of nitrogens with zero attached hydrogens (tertiary/aromatic N) is 2. The summed E-state index contributed by atoms with van der Waals surface area (Å²) < 4.78 is 11.0. The van der Waals surface area contributed by atoms with Crippen LogP contribution in [-0.2, 0) is 20.7 Å². The van der Waals surface area contributed by atoms with E-state index in [0.29, 0.717) is 32.8 Å². The van der Waals surface area contributed by atoms with E-state index in [1.54, 1.807) is 11.2 Å². The molecule has 1 aromatic heterocycles. The lowest BCUT2D eigenvalue weighted by Crippen LogP contribution is -2.51. The molecule has 0 bridgehead atoms. The van der Waals surface area contributed by atoms with E-state index in [2.05, 4.69) is 6.07 Å². The van der Waals surface area contributed by atoms with Crippen molar-refractivity contribution in [2.75, 3.05) is 32.8 Å². The van der Waals surface area contributed by atoms with Crippen molar-refractivity contribution in [1.29, 1.82) is 0 Å². The molecule has 2 fully saturated rings. The summed E-state index contributed by atoms with van der Waals surface area (Å²) in [6.07, 6.45) is 3.57. The van der Waals surface area contributed by atoms with Crippen LogP contribution in [0.15, 0.2) is 22.8 Å². The molecule has 4 rings (SSSR count). The number of aryl methyl sites for hydroxylation is 2. The van der Waals surface area contributed by atoms with Gasteiger partial charge in [-0.15, -0.1) is 0 Å². The largest absolute Gasteiger partial charge is 0.464 e. The zero-order valence-corrected chi connectivity index (χ0v) is 16.0. The fraction of sp³-hybridized carbons (Fsp3) is 0.524. The van der Waals surface area contributed by atoms with Crippen LogP contribution < -0.4 is 0 Å². The molecule has 0 spiro atoms. The second-order valence-corrected chi connectivity index (χ2v) is 7.58. The number of carbonyl (C=O) groups is 2. The van der Waals surface area contributed by atoms with Crippen LogP contribution in [0.25, 0.3) is 11.0 Å². The van der Waals surface area contributed by atoms with Crippen LogP contribution in [0.5, 0.6) is 0 Å². The number of ether oxygens (including phenoxy) is 1. The Balaban J connectivity index is 1.51. The molecule has 144 valence electrons. The maximum Gasteiger partial charge on any atom is 0.245 e. The second kappa shape index (κ2) is 7.35. The third-order valence-electron chi connectivity index (χ3n) is 5.62. The van der Waals surface area contributed by atoms with Gasteiger partial charge in [0.1, 0.15) is 11.6 Å². The molecule has 1 aromatic carbocycles. The van der Waals surface area contributed by atoms with Crippen LogP contribution in [0.3, 0.4) is 0 Å². The average molecular weight is 370 g/mol. The lowest BCUT2D eigenvalue weighted by Gasteiger charge is -2.32. The van der Waals surface area contributed by atoms with Crippen LogP contribution in [0.4, 0.5) is 0 Å². The second-order valence-electron chi connectivity index (χ2n) is 7.58. The molecule has 0 saturated carbocycles. The Kier molecular flexibility index (Phi) is 4.91. The molecule has 2 aromatic rings. The third-order valence-corrected chi connectivity index (χ3v) is 5.62. The minimum Gasteiger partial charge on any atom is -0.464 e. The summed E-state index contributed by atoms with van der Waals surface area (Å²) in [5, 5.41) is 1.02. The van der Waals surface area contributed by atoms with Gasteiger partial charge in [-0.2, -0.15) is 0 Å². The van der Waals surface area contributed by atoms with Crippen LogP contribution in [0, 0.1) is 13.8 Å². The van der Waals surface area contributed by atoms with Gasteiger partial charge in [-0.1, -0.05) is 6.07 Å². The number of hydrogen-bond acceptors (Lipinski definition) is 4. The first-order chi connectivity index (χ1) is 13.0. The Labute approximate surface area is 159 Å². The van der Waals surface area contributed by atoms with Crippen molar-refractivity contribution in [3.8, 4) is 0 Å². The van der Waals surface area contributed by atoms with E-state index in [4.69, 9.17) is 9.15 Å². The van der Waals surface area contributed by atoms with Crippen molar-refractivity contribution in [1.82, 2.24) is 9.80 Å². The van der Waals surface area contributed by atoms with Crippen molar-refractivity contribution in [3.05, 3.63) is 35.1 Å². The number of likely N-dealkylation sites (tertiary alicyclic amines) is 1. The van der Waals surface area contributed by atoms with Gasteiger partial charge in [-0.05, 0) is 43.9 Å². The van der Waals surface area contributed by atoms with Gasteiger partial charge in [0.2, 0.25) is 11.8 Å². The van der Waals surface area contributed by atoms with E-state index >= 15 is 0 Å². The molecule has 1 atom stereocenters. The summed E-state index contributed by atoms with van der Waals surface area (Å²) in [5.74, 6) is 0.0646. The fourth-order valence-corrected chi connectivity index (χ4v) is 4.34. The van der Waals surface area contributed by atoms with Crippen molar-refractivity contribution < 1.29 is 18.7 Å². The third kappa shape index (κ3) is 3.46. The molecule has 0 N–H and O–H groups in total. The molecule has 2 aliphatic rings. The maximum absolute atomic E-state index is 13.0. The molecule has 3 heterocycles. The Hall–Kier alpha value is -2.34. The zero-order valence-electron chi connectivity index (χ0n) is 16.0. The minimum absolute atomic E-state index is 0.00165. The van der Waals surface area contributed by atoms with Gasteiger partial charge in [0.05, 0.1) is 25.9 Å². The minimum atomic E-state index is -0.336. The summed E-state index contributed by atoms with van der Waals surface area (Å²) in [7, 11) is 0. The lowest BCUT2D eigenvalue weighted by atomic mass is 10.0. The van der Waals surface area contributed by atoms with Gasteiger partial charge in [0.25, 0.3) is 0 Å². The highest BCUT2D eigenvalue weighted by Gasteiger charge is 2.37. The van der Waals surface area contributed by atoms with Gasteiger partial charge < -0.3 is 19.0 Å².